The summed E-state index contributed by atoms with van der Waals surface area (Å²) in [5.74, 6) is 5.97. The molecule has 0 amide bonds. The number of hydrogen-bond acceptors (Lipinski definition) is 2. The quantitative estimate of drug-likeness (QED) is 0.519. The van der Waals surface area contributed by atoms with E-state index in [1.165, 1.54) is 77.0 Å². The Morgan fingerprint density at radius 2 is 0.815 bits per heavy atom. The smallest absolute Gasteiger partial charge is 0.0569 e. The van der Waals surface area contributed by atoms with Crippen LogP contribution in [0.4, 0.5) is 0 Å². The largest absolute Gasteiger partial charge is 0.297 e. The Morgan fingerprint density at radius 1 is 0.556 bits per heavy atom. The van der Waals surface area contributed by atoms with E-state index in [0.29, 0.717) is 22.9 Å². The molecule has 8 aliphatic rings. The second kappa shape index (κ2) is 5.92. The first kappa shape index (κ1) is 17.2. The highest BCUT2D eigenvalue weighted by atomic mass is 14.9. The van der Waals surface area contributed by atoms with Gasteiger partial charge in [-0.25, -0.2) is 0 Å². The lowest BCUT2D eigenvalue weighted by atomic mass is 9.45. The van der Waals surface area contributed by atoms with Crippen LogP contribution in [0.3, 0.4) is 0 Å². The van der Waals surface area contributed by atoms with Gasteiger partial charge in [-0.05, 0) is 143 Å². The van der Waals surface area contributed by atoms with Crippen molar-refractivity contribution in [1.29, 1.82) is 0 Å². The van der Waals surface area contributed by atoms with Gasteiger partial charge in [0.25, 0.3) is 0 Å². The zero-order valence-electron chi connectivity index (χ0n) is 17.1. The fourth-order valence-corrected chi connectivity index (χ4v) is 10.4. The van der Waals surface area contributed by atoms with Gasteiger partial charge in [0.1, 0.15) is 0 Å². The van der Waals surface area contributed by atoms with E-state index >= 15 is 0 Å². The highest BCUT2D eigenvalue weighted by molar-refractivity contribution is 5.28. The highest BCUT2D eigenvalue weighted by Gasteiger charge is 2.57. The van der Waals surface area contributed by atoms with Crippen molar-refractivity contribution in [3.8, 4) is 0 Å². The summed E-state index contributed by atoms with van der Waals surface area (Å²) in [4.78, 5) is 9.71. The van der Waals surface area contributed by atoms with Crippen LogP contribution in [-0.2, 0) is 0 Å². The monoisotopic (exact) mass is 366 g/mol. The van der Waals surface area contributed by atoms with E-state index in [9.17, 15) is 0 Å². The predicted octanol–water partition coefficient (Wildman–Crippen LogP) is 5.95. The van der Waals surface area contributed by atoms with Crippen molar-refractivity contribution in [1.82, 2.24) is 0 Å². The molecule has 0 radical (unpaired) electrons. The van der Waals surface area contributed by atoms with Crippen molar-refractivity contribution >= 4 is 13.4 Å². The van der Waals surface area contributed by atoms with Crippen molar-refractivity contribution in [2.24, 2.45) is 56.3 Å². The Labute approximate surface area is 165 Å². The molecule has 8 aliphatic carbocycles. The van der Waals surface area contributed by atoms with Crippen LogP contribution < -0.4 is 0 Å². The van der Waals surface area contributed by atoms with Crippen LogP contribution in [0, 0.1) is 46.3 Å². The molecule has 8 fully saturated rings. The lowest BCUT2D eigenvalue weighted by Crippen LogP contribution is -2.55. The van der Waals surface area contributed by atoms with E-state index in [4.69, 9.17) is 9.98 Å². The Bertz CT molecular complexity index is 510. The van der Waals surface area contributed by atoms with Gasteiger partial charge >= 0.3 is 0 Å². The lowest BCUT2D eigenvalue weighted by Gasteiger charge is -2.61. The molecule has 0 aromatic rings. The van der Waals surface area contributed by atoms with Crippen molar-refractivity contribution < 1.29 is 0 Å². The molecular formula is C25H38N2. The third-order valence-corrected chi connectivity index (χ3v) is 10.5. The van der Waals surface area contributed by atoms with Crippen LogP contribution in [0.5, 0.6) is 0 Å². The number of nitrogens with zero attached hydrogens (tertiary/aromatic N) is 2. The van der Waals surface area contributed by atoms with Gasteiger partial charge in [0.15, 0.2) is 0 Å². The molecule has 148 valence electrons. The minimum absolute atomic E-state index is 0.439. The molecule has 0 heterocycles. The van der Waals surface area contributed by atoms with Crippen LogP contribution in [0.15, 0.2) is 9.98 Å². The fourth-order valence-electron chi connectivity index (χ4n) is 10.4. The van der Waals surface area contributed by atoms with Gasteiger partial charge in [-0.2, -0.15) is 0 Å². The first-order valence-corrected chi connectivity index (χ1v) is 12.0. The van der Waals surface area contributed by atoms with Crippen molar-refractivity contribution in [3.05, 3.63) is 0 Å². The van der Waals surface area contributed by atoms with E-state index in [2.05, 4.69) is 13.4 Å². The predicted molar refractivity (Wildman–Crippen MR) is 113 cm³/mol. The maximum absolute atomic E-state index is 4.86. The molecule has 0 aromatic carbocycles. The Morgan fingerprint density at radius 3 is 1.04 bits per heavy atom. The van der Waals surface area contributed by atoms with Gasteiger partial charge in [0.05, 0.1) is 12.1 Å². The molecule has 2 atom stereocenters. The summed E-state index contributed by atoms with van der Waals surface area (Å²) >= 11 is 0. The third-order valence-electron chi connectivity index (χ3n) is 10.5. The number of aliphatic imine (C=N–C) groups is 2. The molecule has 0 aliphatic heterocycles. The summed E-state index contributed by atoms with van der Waals surface area (Å²) in [6, 6.07) is 0.879. The second-order valence-corrected chi connectivity index (χ2v) is 12.2. The second-order valence-electron chi connectivity index (χ2n) is 12.2. The summed E-state index contributed by atoms with van der Waals surface area (Å²) in [5.41, 5.74) is 0.948. The SMILES string of the molecule is C=NC(CC(N=C)C12CC3CC(CC(C3)C1)C2)C12CC3CC(CC(C3)C1)C2. The summed E-state index contributed by atoms with van der Waals surface area (Å²) in [6.45, 7) is 8.28. The molecule has 2 unspecified atom stereocenters. The fraction of sp³-hybridized carbons (Fsp3) is 0.920. The van der Waals surface area contributed by atoms with Gasteiger partial charge in [-0.15, -0.1) is 0 Å². The first-order valence-electron chi connectivity index (χ1n) is 12.0. The van der Waals surface area contributed by atoms with Gasteiger partial charge in [-0.3, -0.25) is 9.98 Å². The molecule has 2 heteroatoms. The molecule has 0 spiro atoms. The number of hydrogen-bond donors (Lipinski definition) is 0. The van der Waals surface area contributed by atoms with E-state index < -0.39 is 0 Å². The average Bonchev–Trinajstić information content (AvgIpc) is 2.60. The van der Waals surface area contributed by atoms with Crippen LogP contribution >= 0.6 is 0 Å². The van der Waals surface area contributed by atoms with Crippen molar-refractivity contribution in [3.63, 3.8) is 0 Å². The Hall–Kier alpha value is -0.660. The highest BCUT2D eigenvalue weighted by Crippen LogP contribution is 2.65. The summed E-state index contributed by atoms with van der Waals surface area (Å²) < 4.78 is 0. The van der Waals surface area contributed by atoms with Gasteiger partial charge < -0.3 is 0 Å². The zero-order valence-corrected chi connectivity index (χ0v) is 17.1. The lowest BCUT2D eigenvalue weighted by molar-refractivity contribution is -0.0873. The standard InChI is InChI=1S/C25H38N2/c1-26-22(24-10-16-3-17(11-24)5-18(4-16)12-24)9-23(27-2)25-13-19-6-20(14-25)8-21(7-19)15-25/h16-23H,1-15H2. The summed E-state index contributed by atoms with van der Waals surface area (Å²) in [5, 5.41) is 0. The van der Waals surface area contributed by atoms with Crippen molar-refractivity contribution in [2.45, 2.75) is 95.6 Å². The number of rotatable bonds is 6. The third kappa shape index (κ3) is 2.57. The van der Waals surface area contributed by atoms with E-state index in [0.717, 1.165) is 41.9 Å². The molecule has 8 saturated carbocycles. The normalized spacial score (nSPS) is 54.1. The average molecular weight is 367 g/mol. The van der Waals surface area contributed by atoms with E-state index in [-0.39, 0.29) is 0 Å². The topological polar surface area (TPSA) is 24.7 Å². The Balaban J connectivity index is 1.26. The molecule has 0 N–H and O–H groups in total. The molecule has 0 saturated heterocycles. The molecule has 2 nitrogen and oxygen atoms in total. The van der Waals surface area contributed by atoms with E-state index in [1.54, 1.807) is 0 Å². The molecular weight excluding hydrogens is 328 g/mol. The summed E-state index contributed by atoms with van der Waals surface area (Å²) in [6.07, 6.45) is 18.9. The Kier molecular flexibility index (Phi) is 3.78. The van der Waals surface area contributed by atoms with Crippen molar-refractivity contribution in [2.75, 3.05) is 0 Å². The van der Waals surface area contributed by atoms with Crippen LogP contribution in [0.2, 0.25) is 0 Å². The first-order chi connectivity index (χ1) is 13.1. The van der Waals surface area contributed by atoms with Crippen LogP contribution in [-0.4, -0.2) is 25.5 Å². The molecule has 27 heavy (non-hydrogen) atoms. The maximum Gasteiger partial charge on any atom is 0.0569 e. The van der Waals surface area contributed by atoms with Gasteiger partial charge in [-0.1, -0.05) is 0 Å². The van der Waals surface area contributed by atoms with Gasteiger partial charge in [0, 0.05) is 0 Å². The van der Waals surface area contributed by atoms with Crippen LogP contribution in [0.25, 0.3) is 0 Å². The zero-order chi connectivity index (χ0) is 18.2. The minimum Gasteiger partial charge on any atom is -0.297 e. The van der Waals surface area contributed by atoms with Gasteiger partial charge in [0.2, 0.25) is 0 Å². The maximum atomic E-state index is 4.86. The minimum atomic E-state index is 0.439. The molecule has 8 rings (SSSR count). The molecule has 0 aromatic heterocycles. The molecule has 8 bridgehead atoms. The van der Waals surface area contributed by atoms with E-state index in [1.807, 2.05) is 0 Å². The summed E-state index contributed by atoms with van der Waals surface area (Å²) in [7, 11) is 0. The van der Waals surface area contributed by atoms with Crippen LogP contribution in [0.1, 0.15) is 83.5 Å².